The van der Waals surface area contributed by atoms with Gasteiger partial charge in [-0.25, -0.2) is 4.79 Å². The van der Waals surface area contributed by atoms with E-state index < -0.39 is 0 Å². The third-order valence-corrected chi connectivity index (χ3v) is 1.94. The molecule has 1 heterocycles. The fourth-order valence-corrected chi connectivity index (χ4v) is 1.22. The molecular formula is C8H11ClN2O2. The van der Waals surface area contributed by atoms with Crippen molar-refractivity contribution in [3.63, 3.8) is 0 Å². The number of alkyl halides is 1. The molecule has 0 atom stereocenters. The Morgan fingerprint density at radius 2 is 2.46 bits per heavy atom. The highest BCUT2D eigenvalue weighted by Crippen LogP contribution is 2.09. The van der Waals surface area contributed by atoms with Crippen LogP contribution in [0.2, 0.25) is 0 Å². The van der Waals surface area contributed by atoms with Gasteiger partial charge in [0.1, 0.15) is 11.6 Å². The highest BCUT2D eigenvalue weighted by molar-refractivity contribution is 6.15. The summed E-state index contributed by atoms with van der Waals surface area (Å²) < 4.78 is 6.37. The van der Waals surface area contributed by atoms with Crippen molar-refractivity contribution in [3.8, 4) is 0 Å². The lowest BCUT2D eigenvalue weighted by Crippen LogP contribution is -2.06. The van der Waals surface area contributed by atoms with Gasteiger partial charge in [-0.3, -0.25) is 4.68 Å². The van der Waals surface area contributed by atoms with Gasteiger partial charge >= 0.3 is 5.97 Å². The largest absolute Gasteiger partial charge is 0.462 e. The molecule has 0 saturated carbocycles. The summed E-state index contributed by atoms with van der Waals surface area (Å²) in [6.07, 6.45) is 1.47. The summed E-state index contributed by atoms with van der Waals surface area (Å²) >= 11 is 5.58. The number of ether oxygens (including phenoxy) is 1. The van der Waals surface area contributed by atoms with Gasteiger partial charge in [-0.15, -0.1) is 11.6 Å². The minimum Gasteiger partial charge on any atom is -0.462 e. The SMILES string of the molecule is CCOC(=O)c1cnn(CCl)c1C. The Morgan fingerprint density at radius 3 is 2.92 bits per heavy atom. The Hall–Kier alpha value is -1.03. The number of carbonyl (C=O) groups excluding carboxylic acids is 1. The smallest absolute Gasteiger partial charge is 0.341 e. The molecule has 5 heteroatoms. The van der Waals surface area contributed by atoms with Crippen molar-refractivity contribution >= 4 is 17.6 Å². The molecule has 13 heavy (non-hydrogen) atoms. The van der Waals surface area contributed by atoms with Gasteiger partial charge in [0, 0.05) is 0 Å². The Balaban J connectivity index is 2.89. The van der Waals surface area contributed by atoms with Gasteiger partial charge in [-0.05, 0) is 13.8 Å². The predicted octanol–water partition coefficient (Wildman–Crippen LogP) is 1.56. The van der Waals surface area contributed by atoms with Crippen LogP contribution in [0.3, 0.4) is 0 Å². The summed E-state index contributed by atoms with van der Waals surface area (Å²) in [5.74, 6) is -0.351. The molecule has 0 aliphatic carbocycles. The average molecular weight is 203 g/mol. The Kier molecular flexibility index (Phi) is 3.31. The Labute approximate surface area is 81.4 Å². The second-order valence-electron chi connectivity index (χ2n) is 2.48. The molecular weight excluding hydrogens is 192 g/mol. The van der Waals surface area contributed by atoms with Crippen LogP contribution in [0.15, 0.2) is 6.20 Å². The van der Waals surface area contributed by atoms with Crippen LogP contribution in [-0.4, -0.2) is 22.4 Å². The van der Waals surface area contributed by atoms with E-state index in [4.69, 9.17) is 16.3 Å². The zero-order valence-corrected chi connectivity index (χ0v) is 8.34. The molecule has 0 radical (unpaired) electrons. The first kappa shape index (κ1) is 10.1. The van der Waals surface area contributed by atoms with Gasteiger partial charge in [0.15, 0.2) is 0 Å². The highest BCUT2D eigenvalue weighted by atomic mass is 35.5. The van der Waals surface area contributed by atoms with Crippen LogP contribution in [0.1, 0.15) is 23.0 Å². The maximum Gasteiger partial charge on any atom is 0.341 e. The first-order chi connectivity index (χ1) is 6.20. The molecule has 4 nitrogen and oxygen atoms in total. The second kappa shape index (κ2) is 4.28. The monoisotopic (exact) mass is 202 g/mol. The van der Waals surface area contributed by atoms with Crippen LogP contribution >= 0.6 is 11.6 Å². The third kappa shape index (κ3) is 2.01. The quantitative estimate of drug-likeness (QED) is 0.552. The van der Waals surface area contributed by atoms with Crippen molar-refractivity contribution in [1.29, 1.82) is 0 Å². The van der Waals surface area contributed by atoms with Gasteiger partial charge in [0.2, 0.25) is 0 Å². The summed E-state index contributed by atoms with van der Waals surface area (Å²) in [5.41, 5.74) is 1.20. The van der Waals surface area contributed by atoms with Crippen LogP contribution in [0.4, 0.5) is 0 Å². The molecule has 72 valence electrons. The summed E-state index contributed by atoms with van der Waals surface area (Å²) in [7, 11) is 0. The maximum atomic E-state index is 11.3. The van der Waals surface area contributed by atoms with Crippen LogP contribution in [-0.2, 0) is 10.7 Å². The van der Waals surface area contributed by atoms with E-state index in [0.29, 0.717) is 12.2 Å². The number of carbonyl (C=O) groups is 1. The standard InChI is InChI=1S/C8H11ClN2O2/c1-3-13-8(12)7-4-10-11(5-9)6(7)2/h4H,3,5H2,1-2H3. The number of rotatable bonds is 3. The molecule has 0 saturated heterocycles. The van der Waals surface area contributed by atoms with Crippen molar-refractivity contribution in [1.82, 2.24) is 9.78 Å². The summed E-state index contributed by atoms with van der Waals surface area (Å²) in [4.78, 5) is 11.3. The number of aromatic nitrogens is 2. The normalized spacial score (nSPS) is 10.1. The minimum atomic E-state index is -0.351. The van der Waals surface area contributed by atoms with Crippen LogP contribution in [0.25, 0.3) is 0 Å². The van der Waals surface area contributed by atoms with E-state index in [2.05, 4.69) is 5.10 Å². The third-order valence-electron chi connectivity index (χ3n) is 1.71. The van der Waals surface area contributed by atoms with E-state index in [1.54, 1.807) is 13.8 Å². The molecule has 1 aromatic rings. The second-order valence-corrected chi connectivity index (χ2v) is 2.72. The lowest BCUT2D eigenvalue weighted by molar-refractivity contribution is 0.0525. The van der Waals surface area contributed by atoms with Gasteiger partial charge in [0.25, 0.3) is 0 Å². The number of esters is 1. The van der Waals surface area contributed by atoms with Crippen LogP contribution in [0, 0.1) is 6.92 Å². The van der Waals surface area contributed by atoms with E-state index in [0.717, 1.165) is 5.69 Å². The first-order valence-electron chi connectivity index (χ1n) is 3.96. The fourth-order valence-electron chi connectivity index (χ4n) is 0.976. The Morgan fingerprint density at radius 1 is 1.77 bits per heavy atom. The topological polar surface area (TPSA) is 44.1 Å². The molecule has 0 aromatic carbocycles. The van der Waals surface area contributed by atoms with Crippen molar-refractivity contribution in [2.45, 2.75) is 19.9 Å². The molecule has 0 unspecified atom stereocenters. The highest BCUT2D eigenvalue weighted by Gasteiger charge is 2.14. The molecule has 0 spiro atoms. The fraction of sp³-hybridized carbons (Fsp3) is 0.500. The van der Waals surface area contributed by atoms with Crippen molar-refractivity contribution in [3.05, 3.63) is 17.5 Å². The van der Waals surface area contributed by atoms with Crippen molar-refractivity contribution in [2.24, 2.45) is 0 Å². The summed E-state index contributed by atoms with van der Waals surface area (Å²) in [5, 5.41) is 3.92. The number of nitrogens with zero attached hydrogens (tertiary/aromatic N) is 2. The lowest BCUT2D eigenvalue weighted by Gasteiger charge is -2.00. The zero-order chi connectivity index (χ0) is 9.84. The first-order valence-corrected chi connectivity index (χ1v) is 4.49. The van der Waals surface area contributed by atoms with E-state index in [1.807, 2.05) is 0 Å². The molecule has 0 fully saturated rings. The van der Waals surface area contributed by atoms with E-state index in [9.17, 15) is 4.79 Å². The molecule has 0 amide bonds. The van der Waals surface area contributed by atoms with Crippen LogP contribution < -0.4 is 0 Å². The van der Waals surface area contributed by atoms with E-state index in [-0.39, 0.29) is 12.0 Å². The summed E-state index contributed by atoms with van der Waals surface area (Å²) in [6.45, 7) is 3.91. The Bertz CT molecular complexity index is 309. The lowest BCUT2D eigenvalue weighted by atomic mass is 10.3. The number of hydrogen-bond donors (Lipinski definition) is 0. The maximum absolute atomic E-state index is 11.3. The zero-order valence-electron chi connectivity index (χ0n) is 7.58. The predicted molar refractivity (Wildman–Crippen MR) is 48.8 cm³/mol. The molecule has 0 N–H and O–H groups in total. The molecule has 0 aliphatic rings. The van der Waals surface area contributed by atoms with Crippen LogP contribution in [0.5, 0.6) is 0 Å². The molecule has 0 bridgehead atoms. The van der Waals surface area contributed by atoms with Crippen molar-refractivity contribution < 1.29 is 9.53 Å². The van der Waals surface area contributed by atoms with E-state index >= 15 is 0 Å². The van der Waals surface area contributed by atoms with Gasteiger partial charge < -0.3 is 4.74 Å². The average Bonchev–Trinajstić information content (AvgIpc) is 2.47. The number of hydrogen-bond acceptors (Lipinski definition) is 3. The van der Waals surface area contributed by atoms with Crippen molar-refractivity contribution in [2.75, 3.05) is 6.61 Å². The minimum absolute atomic E-state index is 0.241. The summed E-state index contributed by atoms with van der Waals surface area (Å²) in [6, 6.07) is 0.241. The van der Waals surface area contributed by atoms with Gasteiger partial charge in [0.05, 0.1) is 18.5 Å². The number of halogens is 1. The molecule has 0 aliphatic heterocycles. The van der Waals surface area contributed by atoms with Gasteiger partial charge in [-0.2, -0.15) is 5.10 Å². The molecule has 1 aromatic heterocycles. The molecule has 1 rings (SSSR count). The van der Waals surface area contributed by atoms with E-state index in [1.165, 1.54) is 10.9 Å². The van der Waals surface area contributed by atoms with Gasteiger partial charge in [-0.1, -0.05) is 0 Å².